The molecule has 1 fully saturated rings. The topological polar surface area (TPSA) is 54.5 Å². The van der Waals surface area contributed by atoms with Gasteiger partial charge in [-0.2, -0.15) is 0 Å². The van der Waals surface area contributed by atoms with Gasteiger partial charge in [0.2, 0.25) is 0 Å². The van der Waals surface area contributed by atoms with Crippen molar-refractivity contribution in [3.05, 3.63) is 65.7 Å². The lowest BCUT2D eigenvalue weighted by atomic mass is 10.2. The van der Waals surface area contributed by atoms with Crippen molar-refractivity contribution < 1.29 is 13.9 Å². The van der Waals surface area contributed by atoms with E-state index in [1.807, 2.05) is 18.2 Å². The van der Waals surface area contributed by atoms with Crippen LogP contribution < -0.4 is 5.32 Å². The molecule has 6 heteroatoms. The number of nitrogens with zero attached hydrogens (tertiary/aromatic N) is 2. The molecular weight excluding hydrogens is 321 g/mol. The van der Waals surface area contributed by atoms with Gasteiger partial charge in [0.15, 0.2) is 5.82 Å². The zero-order valence-corrected chi connectivity index (χ0v) is 14.0. The monoisotopic (exact) mass is 343 g/mol. The van der Waals surface area contributed by atoms with Crippen LogP contribution in [0.4, 0.5) is 4.39 Å². The number of ether oxygens (including phenoxy) is 1. The fraction of sp³-hybridized carbons (Fsp3) is 0.368. The van der Waals surface area contributed by atoms with Crippen molar-refractivity contribution in [2.75, 3.05) is 26.2 Å². The van der Waals surface area contributed by atoms with Gasteiger partial charge in [0.05, 0.1) is 17.9 Å². The second-order valence-corrected chi connectivity index (χ2v) is 6.13. The number of aromatic nitrogens is 1. The van der Waals surface area contributed by atoms with Crippen LogP contribution in [-0.2, 0) is 11.3 Å². The third-order valence-electron chi connectivity index (χ3n) is 4.19. The average Bonchev–Trinajstić information content (AvgIpc) is 2.86. The Morgan fingerprint density at radius 2 is 2.16 bits per heavy atom. The SMILES string of the molecule is O=C(NCC1CN(Cc2ccccc2)CCCO1)c1ccncc1F. The molecule has 1 unspecified atom stereocenters. The van der Waals surface area contributed by atoms with Gasteiger partial charge >= 0.3 is 0 Å². The summed E-state index contributed by atoms with van der Waals surface area (Å²) in [6.07, 6.45) is 3.29. The van der Waals surface area contributed by atoms with Crippen LogP contribution >= 0.6 is 0 Å². The molecule has 1 saturated heterocycles. The van der Waals surface area contributed by atoms with Gasteiger partial charge in [0.25, 0.3) is 5.91 Å². The number of amides is 1. The first-order chi connectivity index (χ1) is 12.2. The minimum atomic E-state index is -0.618. The highest BCUT2D eigenvalue weighted by molar-refractivity contribution is 5.94. The van der Waals surface area contributed by atoms with Crippen molar-refractivity contribution in [2.45, 2.75) is 19.1 Å². The maximum absolute atomic E-state index is 13.6. The van der Waals surface area contributed by atoms with E-state index in [0.29, 0.717) is 13.2 Å². The fourth-order valence-corrected chi connectivity index (χ4v) is 2.94. The van der Waals surface area contributed by atoms with E-state index in [1.54, 1.807) is 0 Å². The van der Waals surface area contributed by atoms with E-state index in [-0.39, 0.29) is 11.7 Å². The number of halogens is 1. The first kappa shape index (κ1) is 17.5. The van der Waals surface area contributed by atoms with Crippen molar-refractivity contribution >= 4 is 5.91 Å². The molecule has 0 saturated carbocycles. The van der Waals surface area contributed by atoms with E-state index in [0.717, 1.165) is 32.3 Å². The quantitative estimate of drug-likeness (QED) is 0.905. The Kier molecular flexibility index (Phi) is 6.09. The second-order valence-electron chi connectivity index (χ2n) is 6.13. The third-order valence-corrected chi connectivity index (χ3v) is 4.19. The lowest BCUT2D eigenvalue weighted by Gasteiger charge is -2.24. The fourth-order valence-electron chi connectivity index (χ4n) is 2.94. The number of benzene rings is 1. The van der Waals surface area contributed by atoms with Crippen LogP contribution in [0.5, 0.6) is 0 Å². The Morgan fingerprint density at radius 3 is 2.96 bits per heavy atom. The van der Waals surface area contributed by atoms with E-state index in [4.69, 9.17) is 4.74 Å². The van der Waals surface area contributed by atoms with Gasteiger partial charge in [0.1, 0.15) is 0 Å². The van der Waals surface area contributed by atoms with Crippen LogP contribution in [0.3, 0.4) is 0 Å². The van der Waals surface area contributed by atoms with Gasteiger partial charge in [0, 0.05) is 39.0 Å². The Bertz CT molecular complexity index is 696. The number of carbonyl (C=O) groups is 1. The Morgan fingerprint density at radius 1 is 1.32 bits per heavy atom. The van der Waals surface area contributed by atoms with Crippen molar-refractivity contribution in [3.8, 4) is 0 Å². The maximum Gasteiger partial charge on any atom is 0.254 e. The van der Waals surface area contributed by atoms with E-state index in [2.05, 4.69) is 27.3 Å². The number of nitrogens with one attached hydrogen (secondary N) is 1. The van der Waals surface area contributed by atoms with E-state index < -0.39 is 11.7 Å². The zero-order valence-electron chi connectivity index (χ0n) is 14.0. The van der Waals surface area contributed by atoms with E-state index in [9.17, 15) is 9.18 Å². The lowest BCUT2D eigenvalue weighted by molar-refractivity contribution is 0.0510. The molecule has 1 aromatic heterocycles. The molecule has 2 heterocycles. The summed E-state index contributed by atoms with van der Waals surface area (Å²) < 4.78 is 19.4. The summed E-state index contributed by atoms with van der Waals surface area (Å²) in [5.74, 6) is -1.06. The maximum atomic E-state index is 13.6. The molecule has 0 radical (unpaired) electrons. The van der Waals surface area contributed by atoms with Crippen LogP contribution in [0.1, 0.15) is 22.3 Å². The third kappa shape index (κ3) is 5.08. The van der Waals surface area contributed by atoms with Gasteiger partial charge < -0.3 is 10.1 Å². The molecule has 1 atom stereocenters. The summed E-state index contributed by atoms with van der Waals surface area (Å²) in [6.45, 7) is 3.56. The number of hydrogen-bond acceptors (Lipinski definition) is 4. The standard InChI is InChI=1S/C19H22FN3O2/c20-18-12-21-8-7-17(18)19(24)22-11-16-14-23(9-4-10-25-16)13-15-5-2-1-3-6-15/h1-3,5-8,12,16H,4,9-11,13-14H2,(H,22,24). The Labute approximate surface area is 146 Å². The number of hydrogen-bond donors (Lipinski definition) is 1. The minimum Gasteiger partial charge on any atom is -0.375 e. The molecular formula is C19H22FN3O2. The van der Waals surface area contributed by atoms with Gasteiger partial charge in [-0.15, -0.1) is 0 Å². The van der Waals surface area contributed by atoms with Crippen LogP contribution in [0, 0.1) is 5.82 Å². The Hall–Kier alpha value is -2.31. The molecule has 5 nitrogen and oxygen atoms in total. The molecule has 0 aliphatic carbocycles. The largest absolute Gasteiger partial charge is 0.375 e. The summed E-state index contributed by atoms with van der Waals surface area (Å²) in [5, 5.41) is 2.76. The smallest absolute Gasteiger partial charge is 0.254 e. The normalized spacial score (nSPS) is 18.5. The highest BCUT2D eigenvalue weighted by Gasteiger charge is 2.20. The molecule has 1 aliphatic heterocycles. The van der Waals surface area contributed by atoms with Crippen molar-refractivity contribution in [1.29, 1.82) is 0 Å². The predicted octanol–water partition coefficient (Wildman–Crippen LogP) is 2.24. The number of rotatable bonds is 5. The zero-order chi connectivity index (χ0) is 17.5. The summed E-state index contributed by atoms with van der Waals surface area (Å²) in [5.41, 5.74) is 1.26. The Balaban J connectivity index is 1.54. The van der Waals surface area contributed by atoms with Crippen LogP contribution in [0.15, 0.2) is 48.8 Å². The van der Waals surface area contributed by atoms with Gasteiger partial charge in [-0.3, -0.25) is 14.7 Å². The molecule has 1 amide bonds. The van der Waals surface area contributed by atoms with Gasteiger partial charge in [-0.25, -0.2) is 4.39 Å². The van der Waals surface area contributed by atoms with E-state index in [1.165, 1.54) is 17.8 Å². The molecule has 25 heavy (non-hydrogen) atoms. The highest BCUT2D eigenvalue weighted by Crippen LogP contribution is 2.11. The van der Waals surface area contributed by atoms with Crippen molar-refractivity contribution in [3.63, 3.8) is 0 Å². The first-order valence-corrected chi connectivity index (χ1v) is 8.48. The molecule has 0 bridgehead atoms. The molecule has 0 spiro atoms. The summed E-state index contributed by atoms with van der Waals surface area (Å²) in [7, 11) is 0. The van der Waals surface area contributed by atoms with Gasteiger partial charge in [-0.05, 0) is 18.1 Å². The molecule has 132 valence electrons. The molecule has 1 N–H and O–H groups in total. The van der Waals surface area contributed by atoms with Crippen molar-refractivity contribution in [2.24, 2.45) is 0 Å². The van der Waals surface area contributed by atoms with Gasteiger partial charge in [-0.1, -0.05) is 30.3 Å². The molecule has 1 aromatic carbocycles. The molecule has 3 rings (SSSR count). The molecule has 1 aliphatic rings. The van der Waals surface area contributed by atoms with Crippen molar-refractivity contribution in [1.82, 2.24) is 15.2 Å². The van der Waals surface area contributed by atoms with Crippen LogP contribution in [0.25, 0.3) is 0 Å². The lowest BCUT2D eigenvalue weighted by Crippen LogP contribution is -2.40. The second kappa shape index (κ2) is 8.69. The first-order valence-electron chi connectivity index (χ1n) is 8.48. The van der Waals surface area contributed by atoms with Crippen LogP contribution in [0.2, 0.25) is 0 Å². The average molecular weight is 343 g/mol. The summed E-state index contributed by atoms with van der Waals surface area (Å²) in [4.78, 5) is 18.1. The van der Waals surface area contributed by atoms with Crippen LogP contribution in [-0.4, -0.2) is 48.1 Å². The number of pyridine rings is 1. The van der Waals surface area contributed by atoms with E-state index >= 15 is 0 Å². The summed E-state index contributed by atoms with van der Waals surface area (Å²) in [6, 6.07) is 11.7. The predicted molar refractivity (Wildman–Crippen MR) is 92.6 cm³/mol. The number of carbonyl (C=O) groups excluding carboxylic acids is 1. The highest BCUT2D eigenvalue weighted by atomic mass is 19.1. The minimum absolute atomic E-state index is 0.00441. The summed E-state index contributed by atoms with van der Waals surface area (Å²) >= 11 is 0. The molecule has 2 aromatic rings.